The topological polar surface area (TPSA) is 536 Å². The van der Waals surface area contributed by atoms with Crippen LogP contribution >= 0.6 is 0 Å². The number of benzene rings is 4. The van der Waals surface area contributed by atoms with E-state index < -0.39 is 35.4 Å². The van der Waals surface area contributed by atoms with E-state index in [1.807, 2.05) is 104 Å². The van der Waals surface area contributed by atoms with Crippen LogP contribution in [-0.4, -0.2) is 252 Å². The minimum atomic E-state index is -0.723. The lowest BCUT2D eigenvalue weighted by atomic mass is 9.87. The van der Waals surface area contributed by atoms with Gasteiger partial charge in [0.1, 0.15) is 28.5 Å². The molecule has 0 unspecified atom stereocenters. The third-order valence-corrected chi connectivity index (χ3v) is 26.9. The molecular weight excluding hydrogens is 1920 g/mol. The number of ether oxygens (including phenoxy) is 1. The standard InChI is InChI=1S/C19H19N5O3.C18H25N5O3.C18H22N4O3.C17H21N5O3.C16H18N4O3.C16H17N3O4/c1-13-17(10-20-24(13)15-5-3-2-4-6-15)19(26)23-8-7-22-11-14(18(25)21-27)9-16(22)12-23;1-18(2,3)15-9-14(21(4)19-15)17(25)23-7-5-6-22-10-12(16(24)20-26)8-13(22)11-23;1-18(2,3)13-6-4-12(5-7-13)11-21-8-9-22-15(17(21)24)10-14(19-22)16(23)20-25;1-20-15(13-4-2-3-5-14(13)18-20)17(24)22-7-6-21-9-11(16(23)19-25)8-12(21)10-22;21-15(18-23)13-11-14-16(22)19(9-10-20(14)17-13)8-4-7-12-5-2-1-3-6-12;1-23-14-4-2-11(3-5-14)16(21)19-7-6-18-9-12(15(20)17-22)8-13(18)10-19/h2-6,9-11,27H,7-8,12H2,1H3,(H,21,25);8-10,26H,5-7,11H2,1-4H3,(H,20,24);4-7,10,25H,8-9,11H2,1-3H3,(H,20,23);8-9,25H,2-7,10H2,1H3,(H,19,23);1-3,5-6,11,23H,4,7-10H2,(H,18,21);2-5,8-9,22H,6-7,10H2,1H3,(H,17,20). The smallest absolute Gasteiger partial charge is 0.295 e. The van der Waals surface area contributed by atoms with Crippen LogP contribution in [-0.2, 0) is 116 Å². The minimum Gasteiger partial charge on any atom is -0.497 e. The Kier molecular flexibility index (Phi) is 33.4. The van der Waals surface area contributed by atoms with Crippen molar-refractivity contribution in [3.05, 3.63) is 312 Å². The monoisotopic (exact) mass is 2040 g/mol. The molecule has 7 aliphatic rings. The summed E-state index contributed by atoms with van der Waals surface area (Å²) in [6, 6.07) is 46.5. The van der Waals surface area contributed by atoms with Crippen molar-refractivity contribution in [3.8, 4) is 11.4 Å². The first-order chi connectivity index (χ1) is 71.5. The van der Waals surface area contributed by atoms with E-state index in [9.17, 15) is 57.5 Å². The summed E-state index contributed by atoms with van der Waals surface area (Å²) in [6.07, 6.45) is 15.0. The number of amides is 12. The van der Waals surface area contributed by atoms with Crippen LogP contribution in [0.1, 0.15) is 254 Å². The number of hydrogen-bond acceptors (Lipinski definition) is 24. The van der Waals surface area contributed by atoms with Gasteiger partial charge < -0.3 is 52.4 Å². The van der Waals surface area contributed by atoms with Gasteiger partial charge in [0.15, 0.2) is 11.4 Å². The van der Waals surface area contributed by atoms with Gasteiger partial charge in [-0.2, -0.15) is 25.5 Å². The molecule has 6 aliphatic heterocycles. The average Bonchev–Trinajstić information content (AvgIpc) is 1.61. The highest BCUT2D eigenvalue weighted by Crippen LogP contribution is 2.32. The van der Waals surface area contributed by atoms with Crippen LogP contribution < -0.4 is 37.6 Å². The van der Waals surface area contributed by atoms with Crippen molar-refractivity contribution in [1.82, 2.24) is 129 Å². The molecule has 0 saturated heterocycles. The van der Waals surface area contributed by atoms with E-state index >= 15 is 0 Å². The van der Waals surface area contributed by atoms with Crippen LogP contribution in [0, 0.1) is 6.92 Å². The van der Waals surface area contributed by atoms with Crippen molar-refractivity contribution in [2.45, 2.75) is 176 Å². The highest BCUT2D eigenvalue weighted by molar-refractivity contribution is 6.01. The number of carbonyl (C=O) groups is 12. The maximum Gasteiger partial charge on any atom is 0.295 e. The predicted molar refractivity (Wildman–Crippen MR) is 535 cm³/mol. The second-order valence-corrected chi connectivity index (χ2v) is 38.9. The number of carbonyl (C=O) groups excluding carboxylic acids is 12. The largest absolute Gasteiger partial charge is 0.497 e. The number of aryl methyl sites for hydroxylation is 5. The van der Waals surface area contributed by atoms with E-state index in [0.717, 1.165) is 108 Å². The molecule has 782 valence electrons. The molecule has 4 aromatic carbocycles. The number of fused-ring (bicyclic) bond motifs is 7. The highest BCUT2D eigenvalue weighted by Gasteiger charge is 2.36. The molecule has 13 aromatic rings. The summed E-state index contributed by atoms with van der Waals surface area (Å²) in [4.78, 5) is 157. The Morgan fingerprint density at radius 2 is 0.872 bits per heavy atom. The number of nitrogens with one attached hydrogen (secondary N) is 6. The maximum atomic E-state index is 13.1. The number of methoxy groups -OCH3 is 1. The van der Waals surface area contributed by atoms with Crippen molar-refractivity contribution in [2.75, 3.05) is 52.9 Å². The van der Waals surface area contributed by atoms with Crippen molar-refractivity contribution < 1.29 is 93.5 Å². The molecule has 0 fully saturated rings. The van der Waals surface area contributed by atoms with Gasteiger partial charge in [-0.1, -0.05) is 114 Å². The molecule has 0 bridgehead atoms. The van der Waals surface area contributed by atoms with Crippen LogP contribution in [0.3, 0.4) is 0 Å². The molecule has 0 spiro atoms. The maximum absolute atomic E-state index is 13.1. The fraction of sp³-hybridized carbons (Fsp3) is 0.356. The number of nitrogens with zero attached hydrogens (tertiary/aromatic N) is 20. The molecule has 45 heteroatoms. The van der Waals surface area contributed by atoms with Gasteiger partial charge in [0, 0.05) is 169 Å². The highest BCUT2D eigenvalue weighted by atomic mass is 16.5. The van der Waals surface area contributed by atoms with Crippen molar-refractivity contribution in [3.63, 3.8) is 0 Å². The van der Waals surface area contributed by atoms with Gasteiger partial charge >= 0.3 is 0 Å². The van der Waals surface area contributed by atoms with E-state index in [1.54, 1.807) is 154 Å². The van der Waals surface area contributed by atoms with E-state index in [1.165, 1.54) is 43.6 Å². The fourth-order valence-corrected chi connectivity index (χ4v) is 18.7. The summed E-state index contributed by atoms with van der Waals surface area (Å²) in [6.45, 7) is 24.4. The number of rotatable bonds is 18. The zero-order valence-electron chi connectivity index (χ0n) is 84.4. The molecule has 0 atom stereocenters. The Labute approximate surface area is 856 Å². The second-order valence-electron chi connectivity index (χ2n) is 38.9. The lowest BCUT2D eigenvalue weighted by Gasteiger charge is -2.29. The van der Waals surface area contributed by atoms with Crippen LogP contribution in [0.5, 0.6) is 5.75 Å². The SMILES string of the molecule is CC(C)(C)c1ccc(CN2CCn3nc(C(=O)NO)cc3C2=O)cc1.COc1ccc(C(=O)N2CCn3cc(C(=O)NO)cc3C2)cc1.Cc1c(C(=O)N2CCn3cc(C(=O)NO)cc3C2)cnn1-c1ccccc1.Cn1nc(C(C)(C)C)cc1C(=O)N1CCCn2cc(C(=O)NO)cc2C1.Cn1nc2c(c1C(=O)N1CCn3cc(C(=O)NO)cc3C1)CCCC2.O=C(NO)c1cc2n(n1)CCN(CCCc1ccccc1)C2=O. The van der Waals surface area contributed by atoms with Gasteiger partial charge in [-0.25, -0.2) is 37.6 Å². The molecule has 45 nitrogen and oxygen atoms in total. The second kappa shape index (κ2) is 46.7. The van der Waals surface area contributed by atoms with Gasteiger partial charge in [0.05, 0.1) is 103 Å². The normalized spacial score (nSPS) is 14.3. The van der Waals surface area contributed by atoms with Gasteiger partial charge in [0.25, 0.3) is 70.9 Å². The zero-order chi connectivity index (χ0) is 106. The third-order valence-electron chi connectivity index (χ3n) is 26.9. The fourth-order valence-electron chi connectivity index (χ4n) is 18.7. The molecule has 12 N–H and O–H groups in total. The summed E-state index contributed by atoms with van der Waals surface area (Å²) in [5.41, 5.74) is 26.1. The summed E-state index contributed by atoms with van der Waals surface area (Å²) in [5, 5.41) is 73.9. The molecular formula is C104H122N26O19. The summed E-state index contributed by atoms with van der Waals surface area (Å²) < 4.78 is 21.0. The number of aromatic nitrogens is 14. The summed E-state index contributed by atoms with van der Waals surface area (Å²) in [7, 11) is 5.20. The molecule has 15 heterocycles. The third kappa shape index (κ3) is 24.6. The Bertz CT molecular complexity index is 7100. The molecule has 1 aliphatic carbocycles. The molecule has 0 saturated carbocycles. The first-order valence-electron chi connectivity index (χ1n) is 48.8. The van der Waals surface area contributed by atoms with Gasteiger partial charge in [-0.3, -0.25) is 108 Å². The molecule has 0 radical (unpaired) electrons. The van der Waals surface area contributed by atoms with Gasteiger partial charge in [-0.15, -0.1) is 0 Å². The van der Waals surface area contributed by atoms with Crippen LogP contribution in [0.25, 0.3) is 5.69 Å². The average molecular weight is 2040 g/mol. The van der Waals surface area contributed by atoms with E-state index in [4.69, 9.17) is 36.0 Å². The molecule has 12 amide bonds. The zero-order valence-corrected chi connectivity index (χ0v) is 84.4. The summed E-state index contributed by atoms with van der Waals surface area (Å²) in [5.74, 6) is -3.46. The van der Waals surface area contributed by atoms with Gasteiger partial charge in [0.2, 0.25) is 0 Å². The van der Waals surface area contributed by atoms with E-state index in [-0.39, 0.29) is 57.7 Å². The lowest BCUT2D eigenvalue weighted by molar-refractivity contribution is 0.0675. The molecule has 20 rings (SSSR count). The molecule has 9 aromatic heterocycles. The number of para-hydroxylation sites is 1. The van der Waals surface area contributed by atoms with E-state index in [2.05, 4.69) is 91.3 Å². The minimum absolute atomic E-state index is 0.00115. The first kappa shape index (κ1) is 107. The number of hydroxylamine groups is 6. The predicted octanol–water partition coefficient (Wildman–Crippen LogP) is 8.63. The first-order valence-corrected chi connectivity index (χ1v) is 48.8. The van der Waals surface area contributed by atoms with Crippen molar-refractivity contribution >= 4 is 70.9 Å². The van der Waals surface area contributed by atoms with Gasteiger partial charge in [-0.05, 0) is 141 Å². The Hall–Kier alpha value is -16.8. The van der Waals surface area contributed by atoms with Crippen molar-refractivity contribution in [1.29, 1.82) is 0 Å². The van der Waals surface area contributed by atoms with Crippen LogP contribution in [0.15, 0.2) is 183 Å². The molecule has 149 heavy (non-hydrogen) atoms. The van der Waals surface area contributed by atoms with Crippen LogP contribution in [0.2, 0.25) is 0 Å². The quantitative estimate of drug-likeness (QED) is 0.0282. The van der Waals surface area contributed by atoms with Crippen LogP contribution in [0.4, 0.5) is 0 Å². The summed E-state index contributed by atoms with van der Waals surface area (Å²) >= 11 is 0. The van der Waals surface area contributed by atoms with E-state index in [0.29, 0.717) is 173 Å². The Balaban J connectivity index is 0.000000134. The Morgan fingerprint density at radius 3 is 1.35 bits per heavy atom. The lowest BCUT2D eigenvalue weighted by Crippen LogP contribution is -2.41. The Morgan fingerprint density at radius 1 is 0.416 bits per heavy atom. The number of hydrogen-bond donors (Lipinski definition) is 12. The van der Waals surface area contributed by atoms with Crippen molar-refractivity contribution in [2.24, 2.45) is 14.1 Å².